The van der Waals surface area contributed by atoms with Gasteiger partial charge in [0.15, 0.2) is 0 Å². The van der Waals surface area contributed by atoms with Crippen LogP contribution in [0.5, 0.6) is 5.75 Å². The number of carbonyl (C=O) groups excluding carboxylic acids is 1. The van der Waals surface area contributed by atoms with Crippen molar-refractivity contribution in [3.63, 3.8) is 0 Å². The number of nitrogens with zero attached hydrogens (tertiary/aromatic N) is 1. The number of hydrogen-bond donors (Lipinski definition) is 2. The van der Waals surface area contributed by atoms with E-state index in [0.29, 0.717) is 5.57 Å². The number of anilines is 3. The molecule has 1 heterocycles. The molecule has 0 unspecified atom stereocenters. The Bertz CT molecular complexity index is 1410. The summed E-state index contributed by atoms with van der Waals surface area (Å²) in [6.07, 6.45) is 6.14. The summed E-state index contributed by atoms with van der Waals surface area (Å²) in [4.78, 5) is 17.9. The molecule has 1 amide bonds. The summed E-state index contributed by atoms with van der Waals surface area (Å²) < 4.78 is 5.58. The fraction of sp³-hybridized carbons (Fsp3) is 0.200. The largest absolute Gasteiger partial charge is 0.495 e. The monoisotopic (exact) mass is 463 g/mol. The second kappa shape index (κ2) is 10.0. The van der Waals surface area contributed by atoms with Crippen LogP contribution in [0.4, 0.5) is 17.1 Å². The van der Waals surface area contributed by atoms with Gasteiger partial charge in [0.2, 0.25) is 0 Å². The quantitative estimate of drug-likeness (QED) is 0.305. The molecule has 0 radical (unpaired) electrons. The zero-order chi connectivity index (χ0) is 24.2. The van der Waals surface area contributed by atoms with Crippen molar-refractivity contribution in [2.24, 2.45) is 0 Å². The molecule has 1 aliphatic carbocycles. The predicted octanol–water partition coefficient (Wildman–Crippen LogP) is 6.91. The summed E-state index contributed by atoms with van der Waals surface area (Å²) in [5, 5.41) is 7.69. The number of hydrogen-bond acceptors (Lipinski definition) is 4. The van der Waals surface area contributed by atoms with E-state index in [1.807, 2.05) is 85.8 Å². The second-order valence-electron chi connectivity index (χ2n) is 8.87. The molecule has 0 saturated heterocycles. The molecule has 0 aliphatic heterocycles. The number of rotatable bonds is 6. The summed E-state index contributed by atoms with van der Waals surface area (Å²) in [6.45, 7) is 1.83. The van der Waals surface area contributed by atoms with Crippen molar-refractivity contribution in [1.29, 1.82) is 0 Å². The third-order valence-electron chi connectivity index (χ3n) is 6.43. The third-order valence-corrected chi connectivity index (χ3v) is 6.43. The van der Waals surface area contributed by atoms with E-state index in [0.717, 1.165) is 70.7 Å². The van der Waals surface area contributed by atoms with Gasteiger partial charge in [-0.2, -0.15) is 0 Å². The molecule has 0 bridgehead atoms. The van der Waals surface area contributed by atoms with Crippen LogP contribution in [0.2, 0.25) is 0 Å². The van der Waals surface area contributed by atoms with Crippen LogP contribution < -0.4 is 15.4 Å². The summed E-state index contributed by atoms with van der Waals surface area (Å²) in [5.41, 5.74) is 7.65. The van der Waals surface area contributed by atoms with Crippen molar-refractivity contribution in [1.82, 2.24) is 4.98 Å². The SMILES string of the molecule is COc1ccccc1Nc1c2c(nc3ccc(NC(=O)/C(C)=C\c4ccccc4)cc13)CCCC2. The van der Waals surface area contributed by atoms with Crippen LogP contribution >= 0.6 is 0 Å². The normalized spacial score (nSPS) is 13.3. The molecular formula is C30H29N3O2. The molecule has 0 saturated carbocycles. The number of nitrogens with one attached hydrogen (secondary N) is 2. The molecule has 5 nitrogen and oxygen atoms in total. The Morgan fingerprint density at radius 1 is 0.971 bits per heavy atom. The number of para-hydroxylation sites is 2. The third kappa shape index (κ3) is 4.90. The van der Waals surface area contributed by atoms with Gasteiger partial charge in [-0.15, -0.1) is 0 Å². The molecule has 4 aromatic rings. The van der Waals surface area contributed by atoms with Gasteiger partial charge in [-0.25, -0.2) is 0 Å². The Hall–Kier alpha value is -4.12. The van der Waals surface area contributed by atoms with E-state index < -0.39 is 0 Å². The van der Waals surface area contributed by atoms with Crippen LogP contribution in [0.15, 0.2) is 78.4 Å². The van der Waals surface area contributed by atoms with Crippen molar-refractivity contribution in [3.05, 3.63) is 95.2 Å². The number of aromatic nitrogens is 1. The molecule has 2 N–H and O–H groups in total. The summed E-state index contributed by atoms with van der Waals surface area (Å²) >= 11 is 0. The van der Waals surface area contributed by atoms with Crippen molar-refractivity contribution in [2.45, 2.75) is 32.6 Å². The van der Waals surface area contributed by atoms with Gasteiger partial charge in [0.1, 0.15) is 5.75 Å². The first-order valence-electron chi connectivity index (χ1n) is 12.0. The van der Waals surface area contributed by atoms with Crippen LogP contribution in [0.25, 0.3) is 17.0 Å². The Morgan fingerprint density at radius 2 is 1.74 bits per heavy atom. The van der Waals surface area contributed by atoms with Gasteiger partial charge in [0, 0.05) is 22.3 Å². The number of pyridine rings is 1. The summed E-state index contributed by atoms with van der Waals surface area (Å²) in [7, 11) is 1.68. The molecule has 0 atom stereocenters. The lowest BCUT2D eigenvalue weighted by atomic mass is 9.92. The maximum absolute atomic E-state index is 12.9. The van der Waals surface area contributed by atoms with E-state index in [4.69, 9.17) is 9.72 Å². The van der Waals surface area contributed by atoms with Crippen LogP contribution in [0.1, 0.15) is 36.6 Å². The lowest BCUT2D eigenvalue weighted by Crippen LogP contribution is -2.13. The van der Waals surface area contributed by atoms with E-state index >= 15 is 0 Å². The zero-order valence-corrected chi connectivity index (χ0v) is 20.1. The average Bonchev–Trinajstić information content (AvgIpc) is 2.89. The molecule has 35 heavy (non-hydrogen) atoms. The molecule has 0 spiro atoms. The lowest BCUT2D eigenvalue weighted by Gasteiger charge is -2.23. The van der Waals surface area contributed by atoms with Gasteiger partial charge < -0.3 is 15.4 Å². The first-order chi connectivity index (χ1) is 17.1. The number of carbonyl (C=O) groups is 1. The Kier molecular flexibility index (Phi) is 6.49. The average molecular weight is 464 g/mol. The van der Waals surface area contributed by atoms with Crippen LogP contribution in [-0.4, -0.2) is 18.0 Å². The van der Waals surface area contributed by atoms with Crippen LogP contribution in [-0.2, 0) is 17.6 Å². The second-order valence-corrected chi connectivity index (χ2v) is 8.87. The van der Waals surface area contributed by atoms with Crippen molar-refractivity contribution < 1.29 is 9.53 Å². The highest BCUT2D eigenvalue weighted by molar-refractivity contribution is 6.07. The highest BCUT2D eigenvalue weighted by Crippen LogP contribution is 2.38. The fourth-order valence-electron chi connectivity index (χ4n) is 4.62. The molecule has 176 valence electrons. The lowest BCUT2D eigenvalue weighted by molar-refractivity contribution is -0.112. The molecular weight excluding hydrogens is 434 g/mol. The van der Waals surface area contributed by atoms with Gasteiger partial charge in [-0.1, -0.05) is 42.5 Å². The number of methoxy groups -OCH3 is 1. The van der Waals surface area contributed by atoms with E-state index in [1.54, 1.807) is 7.11 Å². The minimum atomic E-state index is -0.127. The first kappa shape index (κ1) is 22.7. The maximum atomic E-state index is 12.9. The van der Waals surface area contributed by atoms with Gasteiger partial charge in [-0.3, -0.25) is 9.78 Å². The number of fused-ring (bicyclic) bond motifs is 2. The molecule has 5 rings (SSSR count). The van der Waals surface area contributed by atoms with Gasteiger partial charge in [0.05, 0.1) is 24.0 Å². The first-order valence-corrected chi connectivity index (χ1v) is 12.0. The smallest absolute Gasteiger partial charge is 0.251 e. The molecule has 0 fully saturated rings. The minimum absolute atomic E-state index is 0.127. The molecule has 3 aromatic carbocycles. The van der Waals surface area contributed by atoms with Gasteiger partial charge in [-0.05, 0) is 80.1 Å². The van der Waals surface area contributed by atoms with Crippen LogP contribution in [0, 0.1) is 0 Å². The minimum Gasteiger partial charge on any atom is -0.495 e. The van der Waals surface area contributed by atoms with Gasteiger partial charge in [0.25, 0.3) is 5.91 Å². The summed E-state index contributed by atoms with van der Waals surface area (Å²) in [6, 6.07) is 23.7. The predicted molar refractivity (Wildman–Crippen MR) is 143 cm³/mol. The fourth-order valence-corrected chi connectivity index (χ4v) is 4.62. The number of ether oxygens (including phenoxy) is 1. The Labute approximate surface area is 205 Å². The Morgan fingerprint density at radius 3 is 2.57 bits per heavy atom. The highest BCUT2D eigenvalue weighted by Gasteiger charge is 2.20. The van der Waals surface area contributed by atoms with E-state index in [2.05, 4.69) is 10.6 Å². The van der Waals surface area contributed by atoms with E-state index in [-0.39, 0.29) is 5.91 Å². The highest BCUT2D eigenvalue weighted by atomic mass is 16.5. The van der Waals surface area contributed by atoms with E-state index in [1.165, 1.54) is 5.56 Å². The zero-order valence-electron chi connectivity index (χ0n) is 20.1. The topological polar surface area (TPSA) is 63.2 Å². The molecule has 1 aliphatic rings. The van der Waals surface area contributed by atoms with Crippen LogP contribution in [0.3, 0.4) is 0 Å². The van der Waals surface area contributed by atoms with Gasteiger partial charge >= 0.3 is 0 Å². The van der Waals surface area contributed by atoms with Crippen molar-refractivity contribution in [2.75, 3.05) is 17.7 Å². The number of amides is 1. The number of benzene rings is 3. The van der Waals surface area contributed by atoms with E-state index in [9.17, 15) is 4.79 Å². The summed E-state index contributed by atoms with van der Waals surface area (Å²) in [5.74, 6) is 0.659. The van der Waals surface area contributed by atoms with Crippen molar-refractivity contribution >= 4 is 39.9 Å². The molecule has 5 heteroatoms. The Balaban J connectivity index is 1.53. The van der Waals surface area contributed by atoms with Crippen molar-refractivity contribution in [3.8, 4) is 5.75 Å². The standard InChI is InChI=1S/C30H29N3O2/c1-20(18-21-10-4-3-5-11-21)30(34)31-22-16-17-26-24(19-22)29(23-12-6-7-13-25(23)32-26)33-27-14-8-9-15-28(27)35-2/h3-5,8-11,14-19H,6-7,12-13H2,1-2H3,(H,31,34)(H,32,33)/b20-18-. The molecule has 1 aromatic heterocycles. The maximum Gasteiger partial charge on any atom is 0.251 e. The number of aryl methyl sites for hydroxylation is 1.